The van der Waals surface area contributed by atoms with Crippen LogP contribution in [0.2, 0.25) is 0 Å². The minimum atomic E-state index is -0.0370. The van der Waals surface area contributed by atoms with Gasteiger partial charge in [-0.1, -0.05) is 0 Å². The van der Waals surface area contributed by atoms with Gasteiger partial charge in [-0.3, -0.25) is 4.79 Å². The van der Waals surface area contributed by atoms with Crippen molar-refractivity contribution in [3.8, 4) is 0 Å². The molecule has 0 saturated carbocycles. The van der Waals surface area contributed by atoms with Crippen LogP contribution in [0.3, 0.4) is 0 Å². The fourth-order valence-corrected chi connectivity index (χ4v) is 1.74. The van der Waals surface area contributed by atoms with Crippen LogP contribution in [-0.2, 0) is 11.8 Å². The second-order valence-electron chi connectivity index (χ2n) is 3.67. The van der Waals surface area contributed by atoms with Crippen LogP contribution in [0.25, 0.3) is 0 Å². The zero-order valence-corrected chi connectivity index (χ0v) is 9.20. The maximum atomic E-state index is 11.4. The molecule has 4 nitrogen and oxygen atoms in total. The first kappa shape index (κ1) is 10.5. The lowest BCUT2D eigenvalue weighted by molar-refractivity contribution is 0.196. The summed E-state index contributed by atoms with van der Waals surface area (Å²) in [6.07, 6.45) is 1.73. The van der Waals surface area contributed by atoms with E-state index in [1.807, 2.05) is 6.07 Å². The molecule has 2 unspecified atom stereocenters. The van der Waals surface area contributed by atoms with Gasteiger partial charge in [0.25, 0.3) is 5.56 Å². The Morgan fingerprint density at radius 1 is 1.60 bits per heavy atom. The number of pyridine rings is 1. The van der Waals surface area contributed by atoms with Crippen molar-refractivity contribution in [2.75, 3.05) is 18.5 Å². The average Bonchev–Trinajstić information content (AvgIpc) is 2.59. The first-order valence-electron chi connectivity index (χ1n) is 4.82. The Hall–Kier alpha value is -1.00. The minimum Gasteiger partial charge on any atom is -0.378 e. The molecule has 0 radical (unpaired) electrons. The number of anilines is 1. The zero-order valence-electron chi connectivity index (χ0n) is 8.44. The molecular formula is C10H13ClN2O2. The van der Waals surface area contributed by atoms with Gasteiger partial charge in [-0.25, -0.2) is 0 Å². The van der Waals surface area contributed by atoms with Crippen molar-refractivity contribution in [3.05, 3.63) is 28.7 Å². The fraction of sp³-hybridized carbons (Fsp3) is 0.500. The fourth-order valence-electron chi connectivity index (χ4n) is 1.51. The van der Waals surface area contributed by atoms with E-state index in [-0.39, 0.29) is 17.0 Å². The topological polar surface area (TPSA) is 43.3 Å². The van der Waals surface area contributed by atoms with Crippen molar-refractivity contribution in [1.29, 1.82) is 0 Å². The zero-order chi connectivity index (χ0) is 10.8. The predicted molar refractivity (Wildman–Crippen MR) is 59.6 cm³/mol. The average molecular weight is 229 g/mol. The maximum absolute atomic E-state index is 11.4. The van der Waals surface area contributed by atoms with Gasteiger partial charge in [0.05, 0.1) is 24.6 Å². The number of nitrogens with zero attached hydrogens (tertiary/aromatic N) is 1. The van der Waals surface area contributed by atoms with Crippen molar-refractivity contribution >= 4 is 17.3 Å². The second-order valence-corrected chi connectivity index (χ2v) is 4.23. The van der Waals surface area contributed by atoms with Crippen molar-refractivity contribution in [3.63, 3.8) is 0 Å². The molecule has 0 aromatic carbocycles. The summed E-state index contributed by atoms with van der Waals surface area (Å²) in [6, 6.07) is 3.49. The molecule has 1 fully saturated rings. The van der Waals surface area contributed by atoms with Crippen molar-refractivity contribution in [1.82, 2.24) is 4.57 Å². The number of halogens is 1. The van der Waals surface area contributed by atoms with Gasteiger partial charge in [0.2, 0.25) is 0 Å². The lowest BCUT2D eigenvalue weighted by Crippen LogP contribution is -2.29. The van der Waals surface area contributed by atoms with E-state index in [0.717, 1.165) is 5.69 Å². The number of aromatic nitrogens is 1. The lowest BCUT2D eigenvalue weighted by atomic mass is 10.2. The quantitative estimate of drug-likeness (QED) is 0.762. The number of hydrogen-bond donors (Lipinski definition) is 1. The summed E-state index contributed by atoms with van der Waals surface area (Å²) in [5.74, 6) is 0. The summed E-state index contributed by atoms with van der Waals surface area (Å²) >= 11 is 6.03. The molecule has 1 N–H and O–H groups in total. The second kappa shape index (κ2) is 4.24. The molecule has 1 aromatic heterocycles. The number of ether oxygens (including phenoxy) is 1. The van der Waals surface area contributed by atoms with Gasteiger partial charge < -0.3 is 14.6 Å². The molecule has 82 valence electrons. The minimum absolute atomic E-state index is 0.0333. The van der Waals surface area contributed by atoms with E-state index in [1.54, 1.807) is 19.3 Å². The summed E-state index contributed by atoms with van der Waals surface area (Å²) in [5, 5.41) is 3.16. The van der Waals surface area contributed by atoms with E-state index >= 15 is 0 Å². The van der Waals surface area contributed by atoms with Crippen molar-refractivity contribution in [2.24, 2.45) is 7.05 Å². The third kappa shape index (κ3) is 2.33. The Kier molecular flexibility index (Phi) is 2.98. The summed E-state index contributed by atoms with van der Waals surface area (Å²) < 4.78 is 6.74. The molecule has 0 amide bonds. The van der Waals surface area contributed by atoms with E-state index in [1.165, 1.54) is 4.57 Å². The smallest absolute Gasteiger partial charge is 0.252 e. The Morgan fingerprint density at radius 3 is 3.00 bits per heavy atom. The van der Waals surface area contributed by atoms with Crippen LogP contribution >= 0.6 is 11.6 Å². The van der Waals surface area contributed by atoms with Crippen molar-refractivity contribution < 1.29 is 4.74 Å². The standard InChI is InChI=1S/C10H13ClN2O2/c1-13-3-2-7(4-10(13)14)12-9-6-15-5-8(9)11/h2-4,8-9,12H,5-6H2,1H3. The molecular weight excluding hydrogens is 216 g/mol. The third-order valence-electron chi connectivity index (χ3n) is 2.47. The summed E-state index contributed by atoms with van der Waals surface area (Å²) in [5.41, 5.74) is 0.754. The Labute approximate surface area is 92.8 Å². The third-order valence-corrected chi connectivity index (χ3v) is 2.90. The monoisotopic (exact) mass is 228 g/mol. The molecule has 1 saturated heterocycles. The van der Waals surface area contributed by atoms with Gasteiger partial charge in [0.15, 0.2) is 0 Å². The first-order valence-corrected chi connectivity index (χ1v) is 5.25. The number of alkyl halides is 1. The van der Waals surface area contributed by atoms with Gasteiger partial charge in [0.1, 0.15) is 0 Å². The molecule has 1 aliphatic rings. The molecule has 2 atom stereocenters. The van der Waals surface area contributed by atoms with Gasteiger partial charge in [-0.05, 0) is 6.07 Å². The van der Waals surface area contributed by atoms with Crippen molar-refractivity contribution in [2.45, 2.75) is 11.4 Å². The van der Waals surface area contributed by atoms with E-state index in [0.29, 0.717) is 13.2 Å². The Balaban J connectivity index is 2.10. The Morgan fingerprint density at radius 2 is 2.40 bits per heavy atom. The van der Waals surface area contributed by atoms with Gasteiger partial charge in [-0.15, -0.1) is 11.6 Å². The highest BCUT2D eigenvalue weighted by atomic mass is 35.5. The molecule has 5 heteroatoms. The number of aryl methyl sites for hydroxylation is 1. The maximum Gasteiger partial charge on any atom is 0.252 e. The molecule has 2 heterocycles. The normalized spacial score (nSPS) is 25.5. The van der Waals surface area contributed by atoms with Gasteiger partial charge in [0, 0.05) is 25.0 Å². The Bertz CT molecular complexity index is 405. The van der Waals surface area contributed by atoms with E-state index in [9.17, 15) is 4.79 Å². The molecule has 0 aliphatic carbocycles. The van der Waals surface area contributed by atoms with Crippen LogP contribution in [0.4, 0.5) is 5.69 Å². The SMILES string of the molecule is Cn1ccc(NC2COCC2Cl)cc1=O. The van der Waals surface area contributed by atoms with E-state index in [2.05, 4.69) is 5.32 Å². The summed E-state index contributed by atoms with van der Waals surface area (Å²) in [6.45, 7) is 1.15. The molecule has 0 spiro atoms. The molecule has 0 bridgehead atoms. The van der Waals surface area contributed by atoms with Crippen LogP contribution in [0.5, 0.6) is 0 Å². The number of nitrogens with one attached hydrogen (secondary N) is 1. The highest BCUT2D eigenvalue weighted by Crippen LogP contribution is 2.16. The van der Waals surface area contributed by atoms with E-state index in [4.69, 9.17) is 16.3 Å². The molecule has 2 rings (SSSR count). The van der Waals surface area contributed by atoms with Gasteiger partial charge in [-0.2, -0.15) is 0 Å². The van der Waals surface area contributed by atoms with Gasteiger partial charge >= 0.3 is 0 Å². The van der Waals surface area contributed by atoms with Crippen LogP contribution in [0, 0.1) is 0 Å². The first-order chi connectivity index (χ1) is 7.16. The molecule has 1 aliphatic heterocycles. The van der Waals surface area contributed by atoms with Crippen LogP contribution in [0.15, 0.2) is 23.1 Å². The highest BCUT2D eigenvalue weighted by molar-refractivity contribution is 6.21. The largest absolute Gasteiger partial charge is 0.378 e. The number of rotatable bonds is 2. The number of hydrogen-bond acceptors (Lipinski definition) is 3. The van der Waals surface area contributed by atoms with E-state index < -0.39 is 0 Å². The van der Waals surface area contributed by atoms with Crippen LogP contribution in [0.1, 0.15) is 0 Å². The summed E-state index contributed by atoms with van der Waals surface area (Å²) in [7, 11) is 1.72. The van der Waals surface area contributed by atoms with Crippen LogP contribution in [-0.4, -0.2) is 29.2 Å². The molecule has 15 heavy (non-hydrogen) atoms. The summed E-state index contributed by atoms with van der Waals surface area (Å²) in [4.78, 5) is 11.4. The predicted octanol–water partition coefficient (Wildman–Crippen LogP) is 0.803. The lowest BCUT2D eigenvalue weighted by Gasteiger charge is -2.15. The highest BCUT2D eigenvalue weighted by Gasteiger charge is 2.25. The van der Waals surface area contributed by atoms with Crippen LogP contribution < -0.4 is 10.9 Å². The molecule has 1 aromatic rings.